The quantitative estimate of drug-likeness (QED) is 0.768. The van der Waals surface area contributed by atoms with E-state index >= 15 is 0 Å². The van der Waals surface area contributed by atoms with Crippen LogP contribution in [0.1, 0.15) is 13.3 Å². The molecule has 0 saturated heterocycles. The number of hydrogen-bond donors (Lipinski definition) is 2. The summed E-state index contributed by atoms with van der Waals surface area (Å²) < 4.78 is 11.0. The summed E-state index contributed by atoms with van der Waals surface area (Å²) in [6, 6.07) is 11.7. The molecule has 5 nitrogen and oxygen atoms in total. The fourth-order valence-corrected chi connectivity index (χ4v) is 2.36. The Morgan fingerprint density at radius 3 is 2.57 bits per heavy atom. The molecule has 0 bridgehead atoms. The van der Waals surface area contributed by atoms with E-state index in [1.807, 2.05) is 37.3 Å². The number of benzene rings is 2. The summed E-state index contributed by atoms with van der Waals surface area (Å²) in [4.78, 5) is 12.4. The number of phenolic OH excluding ortho intramolecular Hbond substituents is 2. The Bertz CT molecular complexity index is 897. The summed E-state index contributed by atoms with van der Waals surface area (Å²) in [5.41, 5.74) is 0.441. The zero-order chi connectivity index (χ0) is 16.4. The first kappa shape index (κ1) is 15.0. The van der Waals surface area contributed by atoms with Crippen LogP contribution in [-0.2, 0) is 0 Å². The van der Waals surface area contributed by atoms with E-state index in [4.69, 9.17) is 9.15 Å². The van der Waals surface area contributed by atoms with Crippen molar-refractivity contribution in [3.63, 3.8) is 0 Å². The predicted molar refractivity (Wildman–Crippen MR) is 87.0 cm³/mol. The Morgan fingerprint density at radius 2 is 1.87 bits per heavy atom. The van der Waals surface area contributed by atoms with Crippen LogP contribution >= 0.6 is 0 Å². The molecule has 3 rings (SSSR count). The monoisotopic (exact) mass is 312 g/mol. The molecule has 1 heterocycles. The summed E-state index contributed by atoms with van der Waals surface area (Å²) in [7, 11) is 0. The zero-order valence-corrected chi connectivity index (χ0v) is 12.6. The van der Waals surface area contributed by atoms with Crippen molar-refractivity contribution < 1.29 is 19.4 Å². The third kappa shape index (κ3) is 2.73. The molecule has 0 amide bonds. The molecule has 3 aromatic rings. The smallest absolute Gasteiger partial charge is 0.204 e. The Morgan fingerprint density at radius 1 is 1.13 bits per heavy atom. The molecule has 118 valence electrons. The maximum absolute atomic E-state index is 12.4. The average molecular weight is 312 g/mol. The highest BCUT2D eigenvalue weighted by Crippen LogP contribution is 2.41. The number of ether oxygens (including phenoxy) is 1. The fraction of sp³-hybridized carbons (Fsp3) is 0.167. The van der Waals surface area contributed by atoms with Gasteiger partial charge in [-0.15, -0.1) is 0 Å². The standard InChI is InChI=1S/C18H16O5/c1-2-8-22-18-13(20)10-15-16(17(18)21)12(19)9-14(23-15)11-6-4-3-5-7-11/h3-7,9-10,20-21H,2,8H2,1H3. The minimum Gasteiger partial charge on any atom is -0.504 e. The van der Waals surface area contributed by atoms with E-state index in [9.17, 15) is 15.0 Å². The van der Waals surface area contributed by atoms with Crippen LogP contribution in [0.3, 0.4) is 0 Å². The third-order valence-corrected chi connectivity index (χ3v) is 3.44. The number of phenols is 2. The first-order valence-corrected chi connectivity index (χ1v) is 7.32. The van der Waals surface area contributed by atoms with Crippen molar-refractivity contribution in [2.75, 3.05) is 6.61 Å². The second-order valence-electron chi connectivity index (χ2n) is 5.14. The van der Waals surface area contributed by atoms with Gasteiger partial charge in [0.1, 0.15) is 16.7 Å². The Hall–Kier alpha value is -2.95. The Kier molecular flexibility index (Phi) is 3.93. The molecule has 0 aliphatic carbocycles. The highest BCUT2D eigenvalue weighted by Gasteiger charge is 2.19. The van der Waals surface area contributed by atoms with Gasteiger partial charge in [0, 0.05) is 17.7 Å². The van der Waals surface area contributed by atoms with Crippen LogP contribution in [-0.4, -0.2) is 16.8 Å². The average Bonchev–Trinajstić information content (AvgIpc) is 2.54. The summed E-state index contributed by atoms with van der Waals surface area (Å²) in [5, 5.41) is 20.3. The SMILES string of the molecule is CCCOc1c(O)cc2oc(-c3ccccc3)cc(=O)c2c1O. The van der Waals surface area contributed by atoms with E-state index in [0.717, 1.165) is 5.56 Å². The molecular formula is C18H16O5. The highest BCUT2D eigenvalue weighted by molar-refractivity contribution is 5.89. The molecule has 0 aliphatic rings. The van der Waals surface area contributed by atoms with Gasteiger partial charge in [-0.05, 0) is 6.42 Å². The lowest BCUT2D eigenvalue weighted by Gasteiger charge is -2.11. The maximum atomic E-state index is 12.4. The molecule has 0 fully saturated rings. The van der Waals surface area contributed by atoms with Crippen molar-refractivity contribution in [2.24, 2.45) is 0 Å². The predicted octanol–water partition coefficient (Wildman–Crippen LogP) is 3.66. The first-order chi connectivity index (χ1) is 11.1. The van der Waals surface area contributed by atoms with E-state index in [-0.39, 0.29) is 22.5 Å². The Labute approximate surface area is 132 Å². The molecule has 0 spiro atoms. The van der Waals surface area contributed by atoms with Gasteiger partial charge >= 0.3 is 0 Å². The van der Waals surface area contributed by atoms with Crippen molar-refractivity contribution in [1.82, 2.24) is 0 Å². The topological polar surface area (TPSA) is 79.9 Å². The molecule has 2 N–H and O–H groups in total. The summed E-state index contributed by atoms with van der Waals surface area (Å²) in [6.07, 6.45) is 0.707. The van der Waals surface area contributed by atoms with Gasteiger partial charge in [0.25, 0.3) is 0 Å². The molecule has 23 heavy (non-hydrogen) atoms. The van der Waals surface area contributed by atoms with Crippen LogP contribution in [0.4, 0.5) is 0 Å². The lowest BCUT2D eigenvalue weighted by Crippen LogP contribution is -2.03. The van der Waals surface area contributed by atoms with Crippen molar-refractivity contribution in [3.05, 3.63) is 52.7 Å². The van der Waals surface area contributed by atoms with Gasteiger partial charge in [0.15, 0.2) is 16.9 Å². The minimum absolute atomic E-state index is 0.00594. The van der Waals surface area contributed by atoms with Crippen LogP contribution in [0.25, 0.3) is 22.3 Å². The van der Waals surface area contributed by atoms with Gasteiger partial charge in [-0.1, -0.05) is 37.3 Å². The van der Waals surface area contributed by atoms with Crippen molar-refractivity contribution in [2.45, 2.75) is 13.3 Å². The lowest BCUT2D eigenvalue weighted by molar-refractivity contribution is 0.284. The van der Waals surface area contributed by atoms with Gasteiger partial charge in [-0.2, -0.15) is 0 Å². The van der Waals surface area contributed by atoms with Gasteiger partial charge < -0.3 is 19.4 Å². The van der Waals surface area contributed by atoms with E-state index in [0.29, 0.717) is 18.8 Å². The normalized spacial score (nSPS) is 10.8. The van der Waals surface area contributed by atoms with Crippen LogP contribution in [0, 0.1) is 0 Å². The highest BCUT2D eigenvalue weighted by atomic mass is 16.5. The minimum atomic E-state index is -0.401. The first-order valence-electron chi connectivity index (χ1n) is 7.32. The van der Waals surface area contributed by atoms with E-state index in [2.05, 4.69) is 0 Å². The molecule has 5 heteroatoms. The van der Waals surface area contributed by atoms with Crippen LogP contribution in [0.5, 0.6) is 17.2 Å². The molecular weight excluding hydrogens is 296 g/mol. The van der Waals surface area contributed by atoms with E-state index < -0.39 is 11.2 Å². The number of aromatic hydroxyl groups is 2. The van der Waals surface area contributed by atoms with Crippen molar-refractivity contribution >= 4 is 11.0 Å². The van der Waals surface area contributed by atoms with Gasteiger partial charge in [-0.25, -0.2) is 0 Å². The largest absolute Gasteiger partial charge is 0.504 e. The second-order valence-corrected chi connectivity index (χ2v) is 5.14. The van der Waals surface area contributed by atoms with Gasteiger partial charge in [0.2, 0.25) is 5.75 Å². The second kappa shape index (κ2) is 6.04. The van der Waals surface area contributed by atoms with Crippen LogP contribution in [0.15, 0.2) is 51.7 Å². The molecule has 0 radical (unpaired) electrons. The zero-order valence-electron chi connectivity index (χ0n) is 12.6. The summed E-state index contributed by atoms with van der Waals surface area (Å²) in [6.45, 7) is 2.22. The number of hydrogen-bond acceptors (Lipinski definition) is 5. The molecule has 0 atom stereocenters. The van der Waals surface area contributed by atoms with Crippen molar-refractivity contribution in [1.29, 1.82) is 0 Å². The molecule has 1 aromatic heterocycles. The molecule has 2 aromatic carbocycles. The number of rotatable bonds is 4. The van der Waals surface area contributed by atoms with E-state index in [1.165, 1.54) is 12.1 Å². The Balaban J connectivity index is 2.21. The van der Waals surface area contributed by atoms with Crippen LogP contribution < -0.4 is 10.2 Å². The molecule has 0 aliphatic heterocycles. The summed E-state index contributed by atoms with van der Waals surface area (Å²) in [5.74, 6) is -0.401. The van der Waals surface area contributed by atoms with Gasteiger partial charge in [-0.3, -0.25) is 4.79 Å². The third-order valence-electron chi connectivity index (χ3n) is 3.44. The van der Waals surface area contributed by atoms with Gasteiger partial charge in [0.05, 0.1) is 6.61 Å². The molecule has 0 unspecified atom stereocenters. The maximum Gasteiger partial charge on any atom is 0.204 e. The van der Waals surface area contributed by atoms with E-state index in [1.54, 1.807) is 0 Å². The summed E-state index contributed by atoms with van der Waals surface area (Å²) >= 11 is 0. The molecule has 0 saturated carbocycles. The van der Waals surface area contributed by atoms with Crippen LogP contribution in [0.2, 0.25) is 0 Å². The lowest BCUT2D eigenvalue weighted by atomic mass is 10.1. The number of fused-ring (bicyclic) bond motifs is 1. The van der Waals surface area contributed by atoms with Crippen molar-refractivity contribution in [3.8, 4) is 28.6 Å². The fourth-order valence-electron chi connectivity index (χ4n) is 2.36.